The largest absolute Gasteiger partial charge is 0.330 e. The molecule has 0 bridgehead atoms. The molecule has 0 aliphatic heterocycles. The topological polar surface area (TPSA) is 26.0 Å². The Hall–Kier alpha value is -1.15. The predicted molar refractivity (Wildman–Crippen MR) is 49.1 cm³/mol. The van der Waals surface area contributed by atoms with Crippen molar-refractivity contribution in [2.45, 2.75) is 6.42 Å². The van der Waals surface area contributed by atoms with Gasteiger partial charge in [-0.1, -0.05) is 24.3 Å². The number of benzene rings is 1. The summed E-state index contributed by atoms with van der Waals surface area (Å²) in [5.74, 6) is -0.203. The molecule has 0 heterocycles. The highest BCUT2D eigenvalue weighted by molar-refractivity contribution is 5.48. The van der Waals surface area contributed by atoms with E-state index in [1.807, 2.05) is 12.2 Å². The Labute approximate surface area is 71.7 Å². The first kappa shape index (κ1) is 8.94. The fourth-order valence-corrected chi connectivity index (χ4v) is 0.890. The van der Waals surface area contributed by atoms with Crippen molar-refractivity contribution in [2.24, 2.45) is 5.73 Å². The van der Waals surface area contributed by atoms with Crippen molar-refractivity contribution in [3.05, 3.63) is 41.7 Å². The third-order valence-corrected chi connectivity index (χ3v) is 1.51. The monoisotopic (exact) mass is 165 g/mol. The van der Waals surface area contributed by atoms with Crippen LogP contribution in [0.15, 0.2) is 30.3 Å². The van der Waals surface area contributed by atoms with Crippen LogP contribution in [-0.2, 0) is 0 Å². The van der Waals surface area contributed by atoms with Gasteiger partial charge in [-0.05, 0) is 30.7 Å². The molecular weight excluding hydrogens is 153 g/mol. The highest BCUT2D eigenvalue weighted by Gasteiger charge is 1.87. The number of nitrogens with two attached hydrogens (primary N) is 1. The Kier molecular flexibility index (Phi) is 3.48. The van der Waals surface area contributed by atoms with Crippen LogP contribution >= 0.6 is 0 Å². The van der Waals surface area contributed by atoms with Crippen LogP contribution in [0.3, 0.4) is 0 Å². The van der Waals surface area contributed by atoms with Crippen molar-refractivity contribution in [1.29, 1.82) is 0 Å². The van der Waals surface area contributed by atoms with Crippen LogP contribution in [0, 0.1) is 5.82 Å². The van der Waals surface area contributed by atoms with Gasteiger partial charge in [-0.2, -0.15) is 0 Å². The van der Waals surface area contributed by atoms with Gasteiger partial charge in [0, 0.05) is 0 Å². The minimum absolute atomic E-state index is 0.203. The first-order valence-corrected chi connectivity index (χ1v) is 3.95. The molecule has 0 radical (unpaired) electrons. The molecule has 0 amide bonds. The van der Waals surface area contributed by atoms with E-state index in [-0.39, 0.29) is 5.82 Å². The van der Waals surface area contributed by atoms with E-state index < -0.39 is 0 Å². The van der Waals surface area contributed by atoms with E-state index in [2.05, 4.69) is 0 Å². The number of hydrogen-bond donors (Lipinski definition) is 1. The summed E-state index contributed by atoms with van der Waals surface area (Å²) in [5.41, 5.74) is 6.31. The molecule has 2 heteroatoms. The maximum absolute atomic E-state index is 12.4. The zero-order valence-corrected chi connectivity index (χ0v) is 6.83. The summed E-state index contributed by atoms with van der Waals surface area (Å²) in [6.07, 6.45) is 4.77. The smallest absolute Gasteiger partial charge is 0.123 e. The summed E-state index contributed by atoms with van der Waals surface area (Å²) in [6.45, 7) is 0.650. The van der Waals surface area contributed by atoms with Gasteiger partial charge in [0.15, 0.2) is 0 Å². The normalized spacial score (nSPS) is 10.8. The number of hydrogen-bond acceptors (Lipinski definition) is 1. The molecule has 64 valence electrons. The Morgan fingerprint density at radius 3 is 2.50 bits per heavy atom. The highest BCUT2D eigenvalue weighted by Crippen LogP contribution is 2.04. The molecule has 0 fully saturated rings. The average molecular weight is 165 g/mol. The van der Waals surface area contributed by atoms with Gasteiger partial charge in [-0.15, -0.1) is 0 Å². The maximum Gasteiger partial charge on any atom is 0.123 e. The lowest BCUT2D eigenvalue weighted by Crippen LogP contribution is -1.94. The molecule has 0 aliphatic carbocycles. The molecule has 0 aliphatic rings. The molecule has 1 nitrogen and oxygen atoms in total. The minimum atomic E-state index is -0.203. The minimum Gasteiger partial charge on any atom is -0.330 e. The molecule has 0 atom stereocenters. The first-order valence-electron chi connectivity index (χ1n) is 3.95. The third-order valence-electron chi connectivity index (χ3n) is 1.51. The van der Waals surface area contributed by atoms with E-state index in [0.29, 0.717) is 6.54 Å². The van der Waals surface area contributed by atoms with Crippen LogP contribution in [-0.4, -0.2) is 6.54 Å². The lowest BCUT2D eigenvalue weighted by molar-refractivity contribution is 0.628. The van der Waals surface area contributed by atoms with Crippen molar-refractivity contribution in [3.63, 3.8) is 0 Å². The van der Waals surface area contributed by atoms with Crippen molar-refractivity contribution >= 4 is 6.08 Å². The van der Waals surface area contributed by atoms with Crippen LogP contribution < -0.4 is 5.73 Å². The van der Waals surface area contributed by atoms with E-state index in [0.717, 1.165) is 12.0 Å². The summed E-state index contributed by atoms with van der Waals surface area (Å²) in [5, 5.41) is 0. The molecule has 1 rings (SSSR count). The van der Waals surface area contributed by atoms with Gasteiger partial charge in [0.2, 0.25) is 0 Å². The zero-order valence-electron chi connectivity index (χ0n) is 6.83. The molecular formula is C10H12FN. The molecule has 0 unspecified atom stereocenters. The highest BCUT2D eigenvalue weighted by atomic mass is 19.1. The predicted octanol–water partition coefficient (Wildman–Crippen LogP) is 2.19. The van der Waals surface area contributed by atoms with E-state index >= 15 is 0 Å². The SMILES string of the molecule is NCCC=Cc1ccc(F)cc1. The second kappa shape index (κ2) is 4.67. The quantitative estimate of drug-likeness (QED) is 0.730. The lowest BCUT2D eigenvalue weighted by Gasteiger charge is -1.91. The second-order valence-corrected chi connectivity index (χ2v) is 2.53. The van der Waals surface area contributed by atoms with Crippen molar-refractivity contribution in [1.82, 2.24) is 0 Å². The van der Waals surface area contributed by atoms with Crippen molar-refractivity contribution in [2.75, 3.05) is 6.54 Å². The first-order chi connectivity index (χ1) is 5.83. The fourth-order valence-electron chi connectivity index (χ4n) is 0.890. The molecule has 0 spiro atoms. The Morgan fingerprint density at radius 1 is 1.25 bits per heavy atom. The second-order valence-electron chi connectivity index (χ2n) is 2.53. The fraction of sp³-hybridized carbons (Fsp3) is 0.200. The Bertz CT molecular complexity index is 251. The van der Waals surface area contributed by atoms with Gasteiger partial charge < -0.3 is 5.73 Å². The molecule has 0 saturated heterocycles. The van der Waals surface area contributed by atoms with Gasteiger partial charge in [0.1, 0.15) is 5.82 Å². The van der Waals surface area contributed by atoms with Crippen LogP contribution in [0.2, 0.25) is 0 Å². The van der Waals surface area contributed by atoms with E-state index in [4.69, 9.17) is 5.73 Å². The Balaban J connectivity index is 2.58. The summed E-state index contributed by atoms with van der Waals surface area (Å²) in [7, 11) is 0. The molecule has 0 saturated carbocycles. The third kappa shape index (κ3) is 2.84. The van der Waals surface area contributed by atoms with Gasteiger partial charge in [-0.25, -0.2) is 4.39 Å². The van der Waals surface area contributed by atoms with Crippen molar-refractivity contribution in [3.8, 4) is 0 Å². The number of rotatable bonds is 3. The van der Waals surface area contributed by atoms with Crippen LogP contribution in [0.5, 0.6) is 0 Å². The van der Waals surface area contributed by atoms with Gasteiger partial charge in [-0.3, -0.25) is 0 Å². The molecule has 1 aromatic carbocycles. The van der Waals surface area contributed by atoms with E-state index in [9.17, 15) is 4.39 Å². The van der Waals surface area contributed by atoms with Crippen LogP contribution in [0.25, 0.3) is 6.08 Å². The van der Waals surface area contributed by atoms with Gasteiger partial charge in [0.05, 0.1) is 0 Å². The summed E-state index contributed by atoms with van der Waals surface area (Å²) < 4.78 is 12.4. The number of halogens is 1. The van der Waals surface area contributed by atoms with Crippen LogP contribution in [0.1, 0.15) is 12.0 Å². The molecule has 0 aromatic heterocycles. The van der Waals surface area contributed by atoms with E-state index in [1.54, 1.807) is 12.1 Å². The summed E-state index contributed by atoms with van der Waals surface area (Å²) in [4.78, 5) is 0. The lowest BCUT2D eigenvalue weighted by atomic mass is 10.2. The summed E-state index contributed by atoms with van der Waals surface area (Å²) in [6, 6.07) is 6.37. The standard InChI is InChI=1S/C10H12FN/c11-10-6-4-9(5-7-10)3-1-2-8-12/h1,3-7H,2,8,12H2. The molecule has 12 heavy (non-hydrogen) atoms. The molecule has 1 aromatic rings. The average Bonchev–Trinajstić information content (AvgIpc) is 2.09. The zero-order chi connectivity index (χ0) is 8.81. The van der Waals surface area contributed by atoms with Crippen molar-refractivity contribution < 1.29 is 4.39 Å². The van der Waals surface area contributed by atoms with Gasteiger partial charge >= 0.3 is 0 Å². The van der Waals surface area contributed by atoms with Gasteiger partial charge in [0.25, 0.3) is 0 Å². The van der Waals surface area contributed by atoms with E-state index in [1.165, 1.54) is 12.1 Å². The Morgan fingerprint density at radius 2 is 1.92 bits per heavy atom. The summed E-state index contributed by atoms with van der Waals surface area (Å²) >= 11 is 0. The van der Waals surface area contributed by atoms with Crippen LogP contribution in [0.4, 0.5) is 4.39 Å². The molecule has 2 N–H and O–H groups in total. The maximum atomic E-state index is 12.4.